The summed E-state index contributed by atoms with van der Waals surface area (Å²) in [6.07, 6.45) is 0.965. The summed E-state index contributed by atoms with van der Waals surface area (Å²) in [5.41, 5.74) is 0. The fraction of sp³-hybridized carbons (Fsp3) is 0.857. The van der Waals surface area contributed by atoms with Crippen molar-refractivity contribution in [3.05, 3.63) is 0 Å². The standard InChI is InChI=1S/C14H28N4O3S.HI/c1-4-15-14(17-12-8-10-22(20,21)11-12)16-9-7-13(19)18(5-2)6-3;/h12H,4-11H2,1-3H3,(H2,15,16,17);1H. The smallest absolute Gasteiger partial charge is 0.224 e. The van der Waals surface area contributed by atoms with Gasteiger partial charge in [-0.25, -0.2) is 8.42 Å². The fourth-order valence-electron chi connectivity index (χ4n) is 2.42. The van der Waals surface area contributed by atoms with Crippen LogP contribution in [0.25, 0.3) is 0 Å². The molecule has 0 spiro atoms. The Hall–Kier alpha value is -0.580. The number of sulfone groups is 1. The Morgan fingerprint density at radius 2 is 1.91 bits per heavy atom. The van der Waals surface area contributed by atoms with Crippen LogP contribution in [0.3, 0.4) is 0 Å². The van der Waals surface area contributed by atoms with Gasteiger partial charge in [-0.3, -0.25) is 9.79 Å². The van der Waals surface area contributed by atoms with E-state index in [1.165, 1.54) is 0 Å². The molecule has 1 heterocycles. The van der Waals surface area contributed by atoms with E-state index >= 15 is 0 Å². The Morgan fingerprint density at radius 3 is 2.39 bits per heavy atom. The van der Waals surface area contributed by atoms with E-state index in [2.05, 4.69) is 15.6 Å². The van der Waals surface area contributed by atoms with Gasteiger partial charge in [-0.2, -0.15) is 0 Å². The summed E-state index contributed by atoms with van der Waals surface area (Å²) < 4.78 is 22.9. The molecular weight excluding hydrogens is 431 g/mol. The van der Waals surface area contributed by atoms with Crippen LogP contribution in [-0.2, 0) is 14.6 Å². The maximum Gasteiger partial charge on any atom is 0.224 e. The molecule has 136 valence electrons. The van der Waals surface area contributed by atoms with Crippen LogP contribution < -0.4 is 10.6 Å². The summed E-state index contributed by atoms with van der Waals surface area (Å²) in [7, 11) is -2.91. The van der Waals surface area contributed by atoms with Gasteiger partial charge in [-0.1, -0.05) is 0 Å². The SMILES string of the molecule is CCNC(=NCCC(=O)N(CC)CC)NC1CCS(=O)(=O)C1.I. The molecule has 1 rings (SSSR count). The van der Waals surface area contributed by atoms with Crippen LogP contribution in [-0.4, -0.2) is 68.9 Å². The van der Waals surface area contributed by atoms with E-state index in [-0.39, 0.29) is 47.4 Å². The summed E-state index contributed by atoms with van der Waals surface area (Å²) in [6, 6.07) is -0.0960. The number of rotatable bonds is 7. The number of aliphatic imine (C=N–C) groups is 1. The lowest BCUT2D eigenvalue weighted by Crippen LogP contribution is -2.44. The molecule has 1 amide bonds. The van der Waals surface area contributed by atoms with Crippen LogP contribution in [0.1, 0.15) is 33.6 Å². The minimum absolute atomic E-state index is 0. The molecule has 1 atom stereocenters. The molecule has 1 unspecified atom stereocenters. The van der Waals surface area contributed by atoms with Crippen molar-refractivity contribution in [3.63, 3.8) is 0 Å². The molecule has 9 heteroatoms. The zero-order valence-electron chi connectivity index (χ0n) is 14.2. The van der Waals surface area contributed by atoms with Crippen molar-refractivity contribution in [2.75, 3.05) is 37.7 Å². The summed E-state index contributed by atoms with van der Waals surface area (Å²) in [5.74, 6) is 1.05. The van der Waals surface area contributed by atoms with Crippen molar-refractivity contribution in [3.8, 4) is 0 Å². The Kier molecular flexibility index (Phi) is 10.8. The van der Waals surface area contributed by atoms with Crippen LogP contribution in [0.4, 0.5) is 0 Å². The van der Waals surface area contributed by atoms with Gasteiger partial charge in [0.1, 0.15) is 0 Å². The molecule has 0 aliphatic carbocycles. The van der Waals surface area contributed by atoms with Crippen molar-refractivity contribution in [2.24, 2.45) is 4.99 Å². The molecule has 23 heavy (non-hydrogen) atoms. The number of carbonyl (C=O) groups is 1. The second-order valence-corrected chi connectivity index (χ2v) is 7.55. The fourth-order valence-corrected chi connectivity index (χ4v) is 4.09. The van der Waals surface area contributed by atoms with E-state index < -0.39 is 9.84 Å². The minimum Gasteiger partial charge on any atom is -0.357 e. The molecule has 0 bridgehead atoms. The molecule has 1 fully saturated rings. The molecule has 0 saturated carbocycles. The molecule has 0 aromatic rings. The van der Waals surface area contributed by atoms with Gasteiger partial charge in [0.2, 0.25) is 5.91 Å². The van der Waals surface area contributed by atoms with E-state index in [1.807, 2.05) is 20.8 Å². The average Bonchev–Trinajstić information content (AvgIpc) is 2.79. The van der Waals surface area contributed by atoms with Crippen molar-refractivity contribution in [2.45, 2.75) is 39.7 Å². The van der Waals surface area contributed by atoms with Crippen molar-refractivity contribution in [1.82, 2.24) is 15.5 Å². The van der Waals surface area contributed by atoms with Gasteiger partial charge in [-0.05, 0) is 27.2 Å². The number of guanidine groups is 1. The van der Waals surface area contributed by atoms with Gasteiger partial charge in [0.05, 0.1) is 18.1 Å². The maximum atomic E-state index is 11.9. The first-order chi connectivity index (χ1) is 10.4. The van der Waals surface area contributed by atoms with E-state index in [9.17, 15) is 13.2 Å². The Labute approximate surface area is 156 Å². The number of nitrogens with zero attached hydrogens (tertiary/aromatic N) is 2. The molecule has 0 aromatic heterocycles. The van der Waals surface area contributed by atoms with Crippen molar-refractivity contribution in [1.29, 1.82) is 0 Å². The van der Waals surface area contributed by atoms with Gasteiger partial charge >= 0.3 is 0 Å². The summed E-state index contributed by atoms with van der Waals surface area (Å²) >= 11 is 0. The first-order valence-electron chi connectivity index (χ1n) is 7.94. The van der Waals surface area contributed by atoms with E-state index in [0.717, 1.165) is 0 Å². The van der Waals surface area contributed by atoms with Crippen LogP contribution >= 0.6 is 24.0 Å². The lowest BCUT2D eigenvalue weighted by Gasteiger charge is -2.18. The molecule has 7 nitrogen and oxygen atoms in total. The van der Waals surface area contributed by atoms with Gasteiger partial charge in [0.15, 0.2) is 15.8 Å². The van der Waals surface area contributed by atoms with E-state index in [0.29, 0.717) is 45.0 Å². The number of hydrogen-bond donors (Lipinski definition) is 2. The van der Waals surface area contributed by atoms with Gasteiger partial charge in [-0.15, -0.1) is 24.0 Å². The Morgan fingerprint density at radius 1 is 1.26 bits per heavy atom. The highest BCUT2D eigenvalue weighted by Gasteiger charge is 2.28. The maximum absolute atomic E-state index is 11.9. The largest absolute Gasteiger partial charge is 0.357 e. The second kappa shape index (κ2) is 11.1. The van der Waals surface area contributed by atoms with Crippen LogP contribution in [0.15, 0.2) is 4.99 Å². The average molecular weight is 460 g/mol. The highest BCUT2D eigenvalue weighted by atomic mass is 127. The third kappa shape index (κ3) is 8.18. The number of carbonyl (C=O) groups excluding carboxylic acids is 1. The molecule has 1 aliphatic rings. The first kappa shape index (κ1) is 22.4. The third-order valence-electron chi connectivity index (χ3n) is 3.63. The first-order valence-corrected chi connectivity index (χ1v) is 9.77. The molecule has 0 aromatic carbocycles. The monoisotopic (exact) mass is 460 g/mol. The predicted molar refractivity (Wildman–Crippen MR) is 104 cm³/mol. The lowest BCUT2D eigenvalue weighted by molar-refractivity contribution is -0.130. The van der Waals surface area contributed by atoms with Crippen molar-refractivity contribution >= 4 is 45.7 Å². The van der Waals surface area contributed by atoms with Crippen molar-refractivity contribution < 1.29 is 13.2 Å². The Balaban J connectivity index is 0.00000484. The second-order valence-electron chi connectivity index (χ2n) is 5.32. The summed E-state index contributed by atoms with van der Waals surface area (Å²) in [6.45, 7) is 8.35. The number of amides is 1. The number of nitrogens with one attached hydrogen (secondary N) is 2. The zero-order chi connectivity index (χ0) is 16.6. The Bertz CT molecular complexity index is 492. The summed E-state index contributed by atoms with van der Waals surface area (Å²) in [4.78, 5) is 18.1. The number of hydrogen-bond acceptors (Lipinski definition) is 4. The van der Waals surface area contributed by atoms with E-state index in [1.54, 1.807) is 4.90 Å². The molecule has 0 radical (unpaired) electrons. The highest BCUT2D eigenvalue weighted by Crippen LogP contribution is 2.10. The highest BCUT2D eigenvalue weighted by molar-refractivity contribution is 14.0. The van der Waals surface area contributed by atoms with Crippen LogP contribution in [0, 0.1) is 0 Å². The van der Waals surface area contributed by atoms with Crippen LogP contribution in [0.5, 0.6) is 0 Å². The minimum atomic E-state index is -2.91. The molecular formula is C14H29IN4O3S. The zero-order valence-corrected chi connectivity index (χ0v) is 17.3. The predicted octanol–water partition coefficient (Wildman–Crippen LogP) is 0.605. The van der Waals surface area contributed by atoms with Gasteiger partial charge < -0.3 is 15.5 Å². The number of halogens is 1. The molecule has 1 saturated heterocycles. The molecule has 2 N–H and O–H groups in total. The van der Waals surface area contributed by atoms with Crippen LogP contribution in [0.2, 0.25) is 0 Å². The topological polar surface area (TPSA) is 90.9 Å². The van der Waals surface area contributed by atoms with E-state index in [4.69, 9.17) is 0 Å². The molecule has 1 aliphatic heterocycles. The summed E-state index contributed by atoms with van der Waals surface area (Å²) in [5, 5.41) is 6.23. The normalized spacial score (nSPS) is 19.8. The third-order valence-corrected chi connectivity index (χ3v) is 5.40. The van der Waals surface area contributed by atoms with Gasteiger partial charge in [0.25, 0.3) is 0 Å². The lowest BCUT2D eigenvalue weighted by atomic mass is 10.3. The quantitative estimate of drug-likeness (QED) is 0.330. The van der Waals surface area contributed by atoms with Gasteiger partial charge in [0, 0.05) is 32.1 Å².